The second-order valence-electron chi connectivity index (χ2n) is 3.73. The van der Waals surface area contributed by atoms with E-state index in [0.29, 0.717) is 12.3 Å². The molecule has 92 valence electrons. The molecule has 4 nitrogen and oxygen atoms in total. The highest BCUT2D eigenvalue weighted by atomic mass is 127. The molecule has 1 unspecified atom stereocenters. The third-order valence-corrected chi connectivity index (χ3v) is 3.06. The topological polar surface area (TPSA) is 67.5 Å². The van der Waals surface area contributed by atoms with Crippen LogP contribution in [0.2, 0.25) is 0 Å². The molecule has 0 aliphatic carbocycles. The maximum atomic E-state index is 11.1. The van der Waals surface area contributed by atoms with Crippen molar-refractivity contribution in [2.45, 2.75) is 19.4 Å². The summed E-state index contributed by atoms with van der Waals surface area (Å²) in [6.45, 7) is 1.48. The zero-order valence-electron chi connectivity index (χ0n) is 9.90. The highest BCUT2D eigenvalue weighted by Crippen LogP contribution is 2.09. The zero-order valence-corrected chi connectivity index (χ0v) is 12.1. The van der Waals surface area contributed by atoms with Gasteiger partial charge in [-0.15, -0.1) is 0 Å². The molecule has 0 bridgehead atoms. The van der Waals surface area contributed by atoms with E-state index in [4.69, 9.17) is 5.73 Å². The molecule has 0 spiro atoms. The fourth-order valence-electron chi connectivity index (χ4n) is 1.49. The van der Waals surface area contributed by atoms with Gasteiger partial charge in [-0.2, -0.15) is 0 Å². The molecule has 1 atom stereocenters. The summed E-state index contributed by atoms with van der Waals surface area (Å²) in [6, 6.07) is 7.87. The lowest BCUT2D eigenvalue weighted by atomic mass is 10.1. The number of hydrogen-bond acceptors (Lipinski definition) is 2. The van der Waals surface area contributed by atoms with Crippen LogP contribution in [0.1, 0.15) is 12.5 Å². The molecular weight excluding hydrogens is 329 g/mol. The Morgan fingerprint density at radius 3 is 2.53 bits per heavy atom. The number of amidine groups is 1. The van der Waals surface area contributed by atoms with Gasteiger partial charge in [0.05, 0.1) is 6.04 Å². The number of hydrogen-bond donors (Lipinski definition) is 2. The molecule has 0 aliphatic heterocycles. The Kier molecular flexibility index (Phi) is 5.40. The lowest BCUT2D eigenvalue weighted by Crippen LogP contribution is -2.45. The van der Waals surface area contributed by atoms with Crippen molar-refractivity contribution in [2.24, 2.45) is 10.7 Å². The maximum Gasteiger partial charge on any atom is 0.217 e. The molecule has 0 saturated carbocycles. The predicted octanol–water partition coefficient (Wildman–Crippen LogP) is 1.33. The number of carbonyl (C=O) groups excluding carboxylic acids is 1. The van der Waals surface area contributed by atoms with Gasteiger partial charge in [-0.1, -0.05) is 12.1 Å². The van der Waals surface area contributed by atoms with E-state index in [0.717, 1.165) is 5.56 Å². The van der Waals surface area contributed by atoms with Crippen LogP contribution >= 0.6 is 22.6 Å². The van der Waals surface area contributed by atoms with Crippen LogP contribution in [-0.4, -0.2) is 24.8 Å². The number of nitrogens with one attached hydrogen (secondary N) is 1. The maximum absolute atomic E-state index is 11.1. The van der Waals surface area contributed by atoms with E-state index in [-0.39, 0.29) is 11.9 Å². The molecule has 0 fully saturated rings. The Morgan fingerprint density at radius 2 is 2.06 bits per heavy atom. The predicted molar refractivity (Wildman–Crippen MR) is 78.0 cm³/mol. The van der Waals surface area contributed by atoms with Crippen molar-refractivity contribution in [1.82, 2.24) is 5.32 Å². The molecule has 0 aromatic heterocycles. The number of aliphatic imine (C=N–C) groups is 1. The molecule has 0 heterocycles. The van der Waals surface area contributed by atoms with Crippen molar-refractivity contribution in [3.63, 3.8) is 0 Å². The van der Waals surface area contributed by atoms with E-state index in [2.05, 4.69) is 32.9 Å². The first-order chi connectivity index (χ1) is 8.02. The minimum atomic E-state index is -0.238. The summed E-state index contributed by atoms with van der Waals surface area (Å²) < 4.78 is 1.18. The molecule has 1 rings (SSSR count). The van der Waals surface area contributed by atoms with E-state index >= 15 is 0 Å². The minimum Gasteiger partial charge on any atom is -0.386 e. The van der Waals surface area contributed by atoms with Crippen LogP contribution in [0.5, 0.6) is 0 Å². The van der Waals surface area contributed by atoms with Gasteiger partial charge < -0.3 is 11.1 Å². The van der Waals surface area contributed by atoms with Crippen LogP contribution < -0.4 is 11.1 Å². The Hall–Kier alpha value is -1.11. The Bertz CT molecular complexity index is 414. The standard InChI is InChI=1S/C12H16IN3O/c1-8(17)16-11(12(14)15-2)7-9-3-5-10(13)6-4-9/h3-6,11H,7H2,1-2H3,(H2,14,15)(H,16,17). The summed E-state index contributed by atoms with van der Waals surface area (Å²) in [5.74, 6) is 0.339. The van der Waals surface area contributed by atoms with Gasteiger partial charge in [-0.3, -0.25) is 9.79 Å². The van der Waals surface area contributed by atoms with E-state index in [1.165, 1.54) is 10.5 Å². The van der Waals surface area contributed by atoms with Crippen molar-refractivity contribution in [2.75, 3.05) is 7.05 Å². The van der Waals surface area contributed by atoms with Crippen LogP contribution in [0.3, 0.4) is 0 Å². The highest BCUT2D eigenvalue weighted by molar-refractivity contribution is 14.1. The first kappa shape index (κ1) is 14.0. The number of nitrogens with two attached hydrogens (primary N) is 1. The van der Waals surface area contributed by atoms with Crippen molar-refractivity contribution in [1.29, 1.82) is 0 Å². The van der Waals surface area contributed by atoms with Crippen LogP contribution in [0.4, 0.5) is 0 Å². The lowest BCUT2D eigenvalue weighted by Gasteiger charge is -2.17. The highest BCUT2D eigenvalue weighted by Gasteiger charge is 2.14. The number of nitrogens with zero attached hydrogens (tertiary/aromatic N) is 1. The van der Waals surface area contributed by atoms with Gasteiger partial charge in [0.25, 0.3) is 0 Å². The SMILES string of the molecule is CN=C(N)C(Cc1ccc(I)cc1)NC(C)=O. The molecule has 0 saturated heterocycles. The Morgan fingerprint density at radius 1 is 1.47 bits per heavy atom. The van der Waals surface area contributed by atoms with E-state index in [1.807, 2.05) is 24.3 Å². The average Bonchev–Trinajstić information content (AvgIpc) is 2.29. The molecule has 5 heteroatoms. The zero-order chi connectivity index (χ0) is 12.8. The Labute approximate surface area is 115 Å². The molecule has 1 amide bonds. The van der Waals surface area contributed by atoms with Crippen LogP contribution in [0.15, 0.2) is 29.3 Å². The second-order valence-corrected chi connectivity index (χ2v) is 4.98. The van der Waals surface area contributed by atoms with Crippen molar-refractivity contribution in [3.05, 3.63) is 33.4 Å². The molecule has 17 heavy (non-hydrogen) atoms. The van der Waals surface area contributed by atoms with Crippen molar-refractivity contribution < 1.29 is 4.79 Å². The normalized spacial score (nSPS) is 13.2. The molecule has 0 radical (unpaired) electrons. The van der Waals surface area contributed by atoms with Gasteiger partial charge >= 0.3 is 0 Å². The Balaban J connectivity index is 2.78. The lowest BCUT2D eigenvalue weighted by molar-refractivity contribution is -0.119. The van der Waals surface area contributed by atoms with Crippen LogP contribution in [0, 0.1) is 3.57 Å². The second kappa shape index (κ2) is 6.58. The van der Waals surface area contributed by atoms with Gasteiger partial charge in [-0.05, 0) is 46.7 Å². The van der Waals surface area contributed by atoms with Crippen molar-refractivity contribution >= 4 is 34.3 Å². The number of rotatable bonds is 4. The summed E-state index contributed by atoms with van der Waals surface area (Å²) in [4.78, 5) is 15.0. The van der Waals surface area contributed by atoms with Gasteiger partial charge in [0.15, 0.2) is 0 Å². The number of amides is 1. The third kappa shape index (κ3) is 4.72. The molecular formula is C12H16IN3O. The van der Waals surface area contributed by atoms with Crippen LogP contribution in [-0.2, 0) is 11.2 Å². The smallest absolute Gasteiger partial charge is 0.217 e. The first-order valence-corrected chi connectivity index (χ1v) is 6.34. The quantitative estimate of drug-likeness (QED) is 0.491. The van der Waals surface area contributed by atoms with E-state index in [9.17, 15) is 4.79 Å². The first-order valence-electron chi connectivity index (χ1n) is 5.26. The molecule has 0 aliphatic rings. The number of carbonyl (C=O) groups is 1. The van der Waals surface area contributed by atoms with Gasteiger partial charge in [0.1, 0.15) is 5.84 Å². The summed E-state index contributed by atoms with van der Waals surface area (Å²) in [7, 11) is 1.62. The van der Waals surface area contributed by atoms with E-state index < -0.39 is 0 Å². The van der Waals surface area contributed by atoms with Gasteiger partial charge in [-0.25, -0.2) is 0 Å². The summed E-state index contributed by atoms with van der Waals surface area (Å²) in [5, 5.41) is 2.80. The number of halogens is 1. The third-order valence-electron chi connectivity index (χ3n) is 2.35. The molecule has 1 aromatic carbocycles. The summed E-state index contributed by atoms with van der Waals surface area (Å²) in [5.41, 5.74) is 6.90. The molecule has 1 aromatic rings. The average molecular weight is 345 g/mol. The van der Waals surface area contributed by atoms with Gasteiger partial charge in [0.2, 0.25) is 5.91 Å². The minimum absolute atomic E-state index is 0.105. The monoisotopic (exact) mass is 345 g/mol. The summed E-state index contributed by atoms with van der Waals surface area (Å²) >= 11 is 2.25. The fraction of sp³-hybridized carbons (Fsp3) is 0.333. The largest absolute Gasteiger partial charge is 0.386 e. The number of benzene rings is 1. The van der Waals surface area contributed by atoms with Crippen molar-refractivity contribution in [3.8, 4) is 0 Å². The van der Waals surface area contributed by atoms with Crippen LogP contribution in [0.25, 0.3) is 0 Å². The summed E-state index contributed by atoms with van der Waals surface area (Å²) in [6.07, 6.45) is 0.652. The van der Waals surface area contributed by atoms with E-state index in [1.54, 1.807) is 7.05 Å². The fourth-order valence-corrected chi connectivity index (χ4v) is 1.85. The van der Waals surface area contributed by atoms with Gasteiger partial charge in [0, 0.05) is 17.5 Å². The molecule has 3 N–H and O–H groups in total.